The molecule has 286 valence electrons. The molecule has 0 amide bonds. The molecule has 0 bridgehead atoms. The van der Waals surface area contributed by atoms with Gasteiger partial charge in [0, 0.05) is 33.1 Å². The van der Waals surface area contributed by atoms with Gasteiger partial charge in [0.1, 0.15) is 23.0 Å². The van der Waals surface area contributed by atoms with Crippen LogP contribution >= 0.6 is 0 Å². The molecular formula is C58H42O2. The normalized spacial score (nSPS) is 14.5. The van der Waals surface area contributed by atoms with Crippen LogP contribution < -0.4 is 9.47 Å². The van der Waals surface area contributed by atoms with E-state index in [9.17, 15) is 0 Å². The molecule has 12 rings (SSSR count). The van der Waals surface area contributed by atoms with Gasteiger partial charge in [-0.25, -0.2) is 0 Å². The van der Waals surface area contributed by atoms with E-state index in [1.54, 1.807) is 0 Å². The highest BCUT2D eigenvalue weighted by Gasteiger charge is 2.38. The van der Waals surface area contributed by atoms with Gasteiger partial charge in [-0.2, -0.15) is 0 Å². The maximum Gasteiger partial charge on any atom is 0.132 e. The first-order valence-corrected chi connectivity index (χ1v) is 21.0. The molecule has 60 heavy (non-hydrogen) atoms. The van der Waals surface area contributed by atoms with Crippen molar-refractivity contribution in [3.05, 3.63) is 204 Å². The Morgan fingerprint density at radius 3 is 1.28 bits per heavy atom. The first-order chi connectivity index (χ1) is 29.3. The molecule has 2 nitrogen and oxygen atoms in total. The van der Waals surface area contributed by atoms with Crippen molar-refractivity contribution in [3.8, 4) is 56.4 Å². The van der Waals surface area contributed by atoms with Gasteiger partial charge in [-0.05, 0) is 113 Å². The van der Waals surface area contributed by atoms with Crippen molar-refractivity contribution in [2.45, 2.75) is 38.5 Å². The van der Waals surface area contributed by atoms with Crippen LogP contribution in [0.1, 0.15) is 49.9 Å². The molecule has 2 aliphatic heterocycles. The summed E-state index contributed by atoms with van der Waals surface area (Å²) in [5, 5.41) is 9.85. The summed E-state index contributed by atoms with van der Waals surface area (Å²) >= 11 is 0. The molecule has 10 aromatic rings. The van der Waals surface area contributed by atoms with Gasteiger partial charge in [-0.1, -0.05) is 173 Å². The van der Waals surface area contributed by atoms with Crippen LogP contribution in [0, 0.1) is 0 Å². The van der Waals surface area contributed by atoms with Gasteiger partial charge in [-0.15, -0.1) is 0 Å². The zero-order chi connectivity index (χ0) is 40.3. The van der Waals surface area contributed by atoms with Gasteiger partial charge < -0.3 is 9.47 Å². The molecule has 0 saturated heterocycles. The Morgan fingerprint density at radius 2 is 0.717 bits per heavy atom. The van der Waals surface area contributed by atoms with Crippen molar-refractivity contribution in [3.63, 3.8) is 0 Å². The van der Waals surface area contributed by atoms with Crippen molar-refractivity contribution < 1.29 is 9.47 Å². The van der Waals surface area contributed by atoms with E-state index in [2.05, 4.69) is 210 Å². The summed E-state index contributed by atoms with van der Waals surface area (Å²) in [6.07, 6.45) is 0. The molecule has 0 saturated carbocycles. The van der Waals surface area contributed by atoms with Crippen LogP contribution in [0.2, 0.25) is 0 Å². The minimum Gasteiger partial charge on any atom is -0.457 e. The Balaban J connectivity index is 1.22. The molecule has 0 spiro atoms. The second-order valence-corrected chi connectivity index (χ2v) is 17.5. The van der Waals surface area contributed by atoms with Crippen molar-refractivity contribution in [2.75, 3.05) is 0 Å². The van der Waals surface area contributed by atoms with E-state index in [0.29, 0.717) is 0 Å². The minimum absolute atomic E-state index is 0.298. The average molecular weight is 771 g/mol. The van der Waals surface area contributed by atoms with Crippen molar-refractivity contribution in [1.29, 1.82) is 0 Å². The third-order valence-corrected chi connectivity index (χ3v) is 13.5. The van der Waals surface area contributed by atoms with Crippen molar-refractivity contribution in [2.24, 2.45) is 0 Å². The molecule has 10 aromatic carbocycles. The summed E-state index contributed by atoms with van der Waals surface area (Å²) in [5.41, 5.74) is 11.4. The predicted molar refractivity (Wildman–Crippen MR) is 250 cm³/mol. The Labute approximate surface area is 350 Å². The average Bonchev–Trinajstić information content (AvgIpc) is 3.27. The first kappa shape index (κ1) is 34.8. The van der Waals surface area contributed by atoms with Gasteiger partial charge in [-0.3, -0.25) is 0 Å². The molecule has 2 aliphatic rings. The molecule has 0 atom stereocenters. The van der Waals surface area contributed by atoms with Gasteiger partial charge in [0.05, 0.1) is 0 Å². The molecule has 0 fully saturated rings. The summed E-state index contributed by atoms with van der Waals surface area (Å²) < 4.78 is 13.4. The van der Waals surface area contributed by atoms with Gasteiger partial charge in [0.2, 0.25) is 0 Å². The lowest BCUT2D eigenvalue weighted by Gasteiger charge is -2.36. The monoisotopic (exact) mass is 770 g/mol. The topological polar surface area (TPSA) is 18.5 Å². The van der Waals surface area contributed by atoms with Gasteiger partial charge in [0.25, 0.3) is 0 Å². The lowest BCUT2D eigenvalue weighted by atomic mass is 9.72. The van der Waals surface area contributed by atoms with E-state index in [1.807, 2.05) is 0 Å². The maximum absolute atomic E-state index is 6.70. The van der Waals surface area contributed by atoms with Crippen LogP contribution in [0.25, 0.3) is 76.5 Å². The van der Waals surface area contributed by atoms with Crippen LogP contribution in [0.4, 0.5) is 0 Å². The summed E-state index contributed by atoms with van der Waals surface area (Å²) in [4.78, 5) is 0. The van der Waals surface area contributed by atoms with Crippen molar-refractivity contribution >= 4 is 43.1 Å². The number of rotatable bonds is 3. The minimum atomic E-state index is -0.298. The fourth-order valence-corrected chi connectivity index (χ4v) is 10.8. The summed E-state index contributed by atoms with van der Waals surface area (Å²) in [7, 11) is 0. The Kier molecular flexibility index (Phi) is 7.36. The van der Waals surface area contributed by atoms with Crippen LogP contribution in [0.5, 0.6) is 23.0 Å². The highest BCUT2D eigenvalue weighted by molar-refractivity contribution is 6.24. The van der Waals surface area contributed by atoms with E-state index < -0.39 is 0 Å². The van der Waals surface area contributed by atoms with E-state index in [1.165, 1.54) is 98.7 Å². The SMILES string of the molecule is CC1(C)c2ccccc2Oc2cccc(-c3cccc4c(-c5cc6ccccc6c6ccccc56)c5cccc(-c6cccc7c6C(C)(C)c6ccccc6O7)c5cc34)c21. The van der Waals surface area contributed by atoms with E-state index in [0.717, 1.165) is 23.0 Å². The third-order valence-electron chi connectivity index (χ3n) is 13.5. The molecule has 0 unspecified atom stereocenters. The number of fused-ring (bicyclic) bond motifs is 9. The first-order valence-electron chi connectivity index (χ1n) is 21.0. The highest BCUT2D eigenvalue weighted by atomic mass is 16.5. The van der Waals surface area contributed by atoms with Gasteiger partial charge in [0.15, 0.2) is 0 Å². The fourth-order valence-electron chi connectivity index (χ4n) is 10.8. The number of hydrogen-bond donors (Lipinski definition) is 0. The maximum atomic E-state index is 6.70. The zero-order valence-electron chi connectivity index (χ0n) is 34.1. The number of para-hydroxylation sites is 2. The second kappa shape index (κ2) is 12.7. The standard InChI is InChI=1S/C58H42O2/c1-57(2)48-27-9-11-29-50(48)59-52-31-15-25-43(55(52)57)39-21-13-23-41-45(39)34-46-40(44-26-16-32-53-56(44)58(3,4)49-28-10-12-30-51(49)60-53)22-14-24-42(46)54(41)47-33-35-17-5-6-18-36(35)37-19-7-8-20-38(37)47/h5-34H,1-4H3. The van der Waals surface area contributed by atoms with E-state index in [4.69, 9.17) is 9.47 Å². The van der Waals surface area contributed by atoms with Crippen molar-refractivity contribution in [1.82, 2.24) is 0 Å². The molecule has 2 heterocycles. The summed E-state index contributed by atoms with van der Waals surface area (Å²) in [5.74, 6) is 3.67. The third kappa shape index (κ3) is 4.88. The van der Waals surface area contributed by atoms with Gasteiger partial charge >= 0.3 is 0 Å². The number of hydrogen-bond acceptors (Lipinski definition) is 2. The summed E-state index contributed by atoms with van der Waals surface area (Å²) in [6.45, 7) is 9.34. The molecule has 0 N–H and O–H groups in total. The predicted octanol–water partition coefficient (Wildman–Crippen LogP) is 16.2. The fraction of sp³-hybridized carbons (Fsp3) is 0.103. The Bertz CT molecular complexity index is 3270. The van der Waals surface area contributed by atoms with Crippen LogP contribution in [0.15, 0.2) is 182 Å². The largest absolute Gasteiger partial charge is 0.457 e. The second-order valence-electron chi connectivity index (χ2n) is 17.5. The summed E-state index contributed by atoms with van der Waals surface area (Å²) in [6, 6.07) is 66.5. The zero-order valence-corrected chi connectivity index (χ0v) is 34.1. The van der Waals surface area contributed by atoms with E-state index >= 15 is 0 Å². The van der Waals surface area contributed by atoms with Crippen LogP contribution in [-0.4, -0.2) is 0 Å². The van der Waals surface area contributed by atoms with E-state index in [-0.39, 0.29) is 10.8 Å². The molecule has 0 aromatic heterocycles. The lowest BCUT2D eigenvalue weighted by Crippen LogP contribution is -2.25. The molecule has 2 heteroatoms. The van der Waals surface area contributed by atoms with Crippen LogP contribution in [-0.2, 0) is 10.8 Å². The Morgan fingerprint density at radius 1 is 0.300 bits per heavy atom. The number of benzene rings is 10. The Hall–Kier alpha value is -7.16. The number of ether oxygens (including phenoxy) is 2. The van der Waals surface area contributed by atoms with Crippen LogP contribution in [0.3, 0.4) is 0 Å². The quantitative estimate of drug-likeness (QED) is 0.132. The highest BCUT2D eigenvalue weighted by Crippen LogP contribution is 2.55. The molecule has 0 radical (unpaired) electrons. The lowest BCUT2D eigenvalue weighted by molar-refractivity contribution is 0.418. The molecule has 0 aliphatic carbocycles. The smallest absolute Gasteiger partial charge is 0.132 e. The molecular weight excluding hydrogens is 729 g/mol.